The minimum absolute atomic E-state index is 0.00966. The second kappa shape index (κ2) is 7.28. The first-order chi connectivity index (χ1) is 8.92. The van der Waals surface area contributed by atoms with Crippen molar-refractivity contribution in [3.05, 3.63) is 22.3 Å². The molecule has 1 rings (SSSR count). The Labute approximate surface area is 120 Å². The zero-order valence-corrected chi connectivity index (χ0v) is 12.0. The van der Waals surface area contributed by atoms with E-state index < -0.39 is 5.97 Å². The summed E-state index contributed by atoms with van der Waals surface area (Å²) in [5.41, 5.74) is 0. The van der Waals surface area contributed by atoms with Gasteiger partial charge in [0.2, 0.25) is 5.91 Å². The van der Waals surface area contributed by atoms with E-state index in [1.807, 2.05) is 0 Å². The summed E-state index contributed by atoms with van der Waals surface area (Å²) in [6.07, 6.45) is 1.38. The van der Waals surface area contributed by atoms with Crippen LogP contribution in [0.25, 0.3) is 0 Å². The molecule has 1 amide bonds. The van der Waals surface area contributed by atoms with Gasteiger partial charge in [0.25, 0.3) is 0 Å². The molecule has 0 fully saturated rings. The molecule has 0 saturated heterocycles. The van der Waals surface area contributed by atoms with Crippen LogP contribution in [0.1, 0.15) is 0 Å². The van der Waals surface area contributed by atoms with Gasteiger partial charge < -0.3 is 10.1 Å². The number of halogens is 2. The Bertz CT molecular complexity index is 482. The maximum absolute atomic E-state index is 11.7. The number of carbonyl (C=O) groups excluding carboxylic acids is 2. The summed E-state index contributed by atoms with van der Waals surface area (Å²) < 4.78 is 4.49. The third-order valence-electron chi connectivity index (χ3n) is 2.11. The van der Waals surface area contributed by atoms with Crippen molar-refractivity contribution in [2.75, 3.05) is 32.6 Å². The zero-order chi connectivity index (χ0) is 14.4. The Kier molecular flexibility index (Phi) is 6.01. The number of likely N-dealkylation sites (N-methyl/N-ethyl adjacent to an activating group) is 1. The van der Waals surface area contributed by atoms with Gasteiger partial charge in [-0.3, -0.25) is 14.5 Å². The second-order valence-corrected chi connectivity index (χ2v) is 4.62. The van der Waals surface area contributed by atoms with Crippen LogP contribution in [0.5, 0.6) is 0 Å². The molecule has 0 aliphatic rings. The van der Waals surface area contributed by atoms with Crippen molar-refractivity contribution in [3.8, 4) is 0 Å². The van der Waals surface area contributed by atoms with Crippen LogP contribution < -0.4 is 5.32 Å². The molecule has 0 aromatic carbocycles. The van der Waals surface area contributed by atoms with Crippen molar-refractivity contribution in [1.82, 2.24) is 9.88 Å². The van der Waals surface area contributed by atoms with Crippen LogP contribution in [0.2, 0.25) is 10.0 Å². The van der Waals surface area contributed by atoms with Gasteiger partial charge in [0.05, 0.1) is 30.2 Å². The van der Waals surface area contributed by atoms with Crippen molar-refractivity contribution >= 4 is 40.9 Å². The van der Waals surface area contributed by atoms with Gasteiger partial charge in [-0.15, -0.1) is 0 Å². The highest BCUT2D eigenvalue weighted by Crippen LogP contribution is 2.22. The van der Waals surface area contributed by atoms with Crippen molar-refractivity contribution in [3.63, 3.8) is 0 Å². The Morgan fingerprint density at radius 1 is 1.42 bits per heavy atom. The highest BCUT2D eigenvalue weighted by molar-refractivity contribution is 6.36. The number of pyridine rings is 1. The average molecular weight is 306 g/mol. The maximum atomic E-state index is 11.7. The fourth-order valence-electron chi connectivity index (χ4n) is 1.26. The normalized spacial score (nSPS) is 10.4. The number of ether oxygens (including phenoxy) is 1. The first-order valence-electron chi connectivity index (χ1n) is 5.28. The molecule has 6 nitrogen and oxygen atoms in total. The molecule has 1 heterocycles. The van der Waals surface area contributed by atoms with E-state index in [1.165, 1.54) is 24.3 Å². The number of methoxy groups -OCH3 is 1. The average Bonchev–Trinajstić information content (AvgIpc) is 2.32. The molecular weight excluding hydrogens is 293 g/mol. The highest BCUT2D eigenvalue weighted by atomic mass is 35.5. The molecule has 0 radical (unpaired) electrons. The number of hydrogen-bond acceptors (Lipinski definition) is 5. The summed E-state index contributed by atoms with van der Waals surface area (Å²) in [5, 5.41) is 3.15. The summed E-state index contributed by atoms with van der Waals surface area (Å²) in [7, 11) is 2.90. The molecule has 1 N–H and O–H groups in total. The van der Waals surface area contributed by atoms with Crippen LogP contribution in [0.4, 0.5) is 5.82 Å². The minimum Gasteiger partial charge on any atom is -0.468 e. The molecule has 0 unspecified atom stereocenters. The second-order valence-electron chi connectivity index (χ2n) is 3.78. The van der Waals surface area contributed by atoms with E-state index in [-0.39, 0.29) is 29.8 Å². The molecule has 0 saturated carbocycles. The lowest BCUT2D eigenvalue weighted by Gasteiger charge is -2.14. The monoisotopic (exact) mass is 305 g/mol. The van der Waals surface area contributed by atoms with E-state index in [1.54, 1.807) is 7.05 Å². The minimum atomic E-state index is -0.419. The van der Waals surface area contributed by atoms with Crippen molar-refractivity contribution in [2.45, 2.75) is 0 Å². The lowest BCUT2D eigenvalue weighted by molar-refractivity contribution is -0.141. The van der Waals surface area contributed by atoms with Crippen molar-refractivity contribution < 1.29 is 14.3 Å². The molecular formula is C11H13Cl2N3O3. The number of nitrogens with zero attached hydrogens (tertiary/aromatic N) is 2. The maximum Gasteiger partial charge on any atom is 0.319 e. The third kappa shape index (κ3) is 5.42. The lowest BCUT2D eigenvalue weighted by Crippen LogP contribution is -2.34. The fraction of sp³-hybridized carbons (Fsp3) is 0.364. The van der Waals surface area contributed by atoms with E-state index in [0.29, 0.717) is 5.02 Å². The number of amides is 1. The van der Waals surface area contributed by atoms with Crippen LogP contribution in [0, 0.1) is 0 Å². The lowest BCUT2D eigenvalue weighted by atomic mass is 10.4. The number of nitrogens with one attached hydrogen (secondary N) is 1. The summed E-state index contributed by atoms with van der Waals surface area (Å²) in [5.74, 6) is -0.538. The zero-order valence-electron chi connectivity index (χ0n) is 10.4. The molecule has 19 heavy (non-hydrogen) atoms. The molecule has 0 atom stereocenters. The fourth-order valence-corrected chi connectivity index (χ4v) is 1.69. The number of hydrogen-bond donors (Lipinski definition) is 1. The van der Waals surface area contributed by atoms with Crippen LogP contribution >= 0.6 is 23.2 Å². The topological polar surface area (TPSA) is 71.5 Å². The van der Waals surface area contributed by atoms with Crippen molar-refractivity contribution in [1.29, 1.82) is 0 Å². The van der Waals surface area contributed by atoms with E-state index in [0.717, 1.165) is 0 Å². The smallest absolute Gasteiger partial charge is 0.319 e. The van der Waals surface area contributed by atoms with Gasteiger partial charge in [-0.05, 0) is 13.1 Å². The summed E-state index contributed by atoms with van der Waals surface area (Å²) in [4.78, 5) is 28.1. The number of carbonyl (C=O) groups is 2. The van der Waals surface area contributed by atoms with Gasteiger partial charge in [0.15, 0.2) is 5.82 Å². The highest BCUT2D eigenvalue weighted by Gasteiger charge is 2.12. The SMILES string of the molecule is COC(=O)CN(C)CC(=O)Nc1ncc(Cl)cc1Cl. The van der Waals surface area contributed by atoms with Gasteiger partial charge in [0.1, 0.15) is 0 Å². The number of aromatic nitrogens is 1. The summed E-state index contributed by atoms with van der Waals surface area (Å²) in [6.45, 7) is 0.0292. The van der Waals surface area contributed by atoms with E-state index >= 15 is 0 Å². The Balaban J connectivity index is 2.53. The molecule has 1 aromatic rings. The predicted molar refractivity (Wildman–Crippen MR) is 72.4 cm³/mol. The summed E-state index contributed by atoms with van der Waals surface area (Å²) in [6, 6.07) is 1.48. The molecule has 0 spiro atoms. The number of esters is 1. The first kappa shape index (κ1) is 15.7. The third-order valence-corrected chi connectivity index (χ3v) is 2.60. The van der Waals surface area contributed by atoms with Crippen LogP contribution in [-0.4, -0.2) is 49.0 Å². The molecule has 0 bridgehead atoms. The van der Waals surface area contributed by atoms with E-state index in [2.05, 4.69) is 15.0 Å². The van der Waals surface area contributed by atoms with Gasteiger partial charge in [-0.25, -0.2) is 4.98 Å². The van der Waals surface area contributed by atoms with Crippen LogP contribution in [0.3, 0.4) is 0 Å². The Morgan fingerprint density at radius 2 is 2.11 bits per heavy atom. The Hall–Kier alpha value is -1.37. The van der Waals surface area contributed by atoms with Gasteiger partial charge >= 0.3 is 5.97 Å². The molecule has 1 aromatic heterocycles. The molecule has 0 aliphatic heterocycles. The van der Waals surface area contributed by atoms with Crippen LogP contribution in [0.15, 0.2) is 12.3 Å². The van der Waals surface area contributed by atoms with Gasteiger partial charge in [0, 0.05) is 6.20 Å². The molecule has 104 valence electrons. The standard InChI is InChI=1S/C11H13Cl2N3O3/c1-16(6-10(18)19-2)5-9(17)15-11-8(13)3-7(12)4-14-11/h3-4H,5-6H2,1-2H3,(H,14,15,17). The first-order valence-corrected chi connectivity index (χ1v) is 6.04. The van der Waals surface area contributed by atoms with E-state index in [4.69, 9.17) is 23.2 Å². The molecule has 8 heteroatoms. The predicted octanol–water partition coefficient (Wildman–Crippen LogP) is 1.43. The van der Waals surface area contributed by atoms with Crippen LogP contribution in [-0.2, 0) is 14.3 Å². The molecule has 0 aliphatic carbocycles. The van der Waals surface area contributed by atoms with Crippen molar-refractivity contribution in [2.24, 2.45) is 0 Å². The van der Waals surface area contributed by atoms with Gasteiger partial charge in [-0.2, -0.15) is 0 Å². The largest absolute Gasteiger partial charge is 0.468 e. The number of anilines is 1. The quantitative estimate of drug-likeness (QED) is 0.833. The number of rotatable bonds is 5. The Morgan fingerprint density at radius 3 is 2.68 bits per heavy atom. The van der Waals surface area contributed by atoms with E-state index in [9.17, 15) is 9.59 Å². The summed E-state index contributed by atoms with van der Waals surface area (Å²) >= 11 is 11.6. The van der Waals surface area contributed by atoms with Gasteiger partial charge in [-0.1, -0.05) is 23.2 Å².